The number of esters is 3. The second-order valence-corrected chi connectivity index (χ2v) is 12.2. The van der Waals surface area contributed by atoms with Crippen LogP contribution in [0.1, 0.15) is 79.0 Å². The molecule has 0 bridgehead atoms. The van der Waals surface area contributed by atoms with Gasteiger partial charge in [0.25, 0.3) is 0 Å². The summed E-state index contributed by atoms with van der Waals surface area (Å²) in [5.41, 5.74) is 7.74. The summed E-state index contributed by atoms with van der Waals surface area (Å²) in [5.74, 6) is -2.21. The largest absolute Gasteiger partial charge is 0.459 e. The second kappa shape index (κ2) is 14.7. The van der Waals surface area contributed by atoms with Crippen LogP contribution in [0.25, 0.3) is 0 Å². The fourth-order valence-corrected chi connectivity index (χ4v) is 5.66. The Kier molecular flexibility index (Phi) is 10.4. The maximum atomic E-state index is 13.8. The zero-order chi connectivity index (χ0) is 36.2. The smallest absolute Gasteiger partial charge is 0.419 e. The normalized spacial score (nSPS) is 19.6. The first-order valence-electron chi connectivity index (χ1n) is 15.9. The highest BCUT2D eigenvalue weighted by Gasteiger charge is 2.61. The zero-order valence-electron chi connectivity index (χ0n) is 28.3. The number of ether oxygens (including phenoxy) is 5. The van der Waals surface area contributed by atoms with Gasteiger partial charge in [0.05, 0.1) is 29.0 Å². The van der Waals surface area contributed by atoms with Crippen LogP contribution in [-0.2, 0) is 23.7 Å². The van der Waals surface area contributed by atoms with Gasteiger partial charge < -0.3 is 29.4 Å². The number of rotatable bonds is 9. The lowest BCUT2D eigenvalue weighted by Gasteiger charge is -2.34. The van der Waals surface area contributed by atoms with Crippen LogP contribution >= 0.6 is 0 Å². The summed E-state index contributed by atoms with van der Waals surface area (Å²) < 4.78 is 30.4. The van der Waals surface area contributed by atoms with Crippen molar-refractivity contribution >= 4 is 29.7 Å². The number of hydrogen-bond donors (Lipinski definition) is 1. The van der Waals surface area contributed by atoms with Crippen molar-refractivity contribution in [3.8, 4) is 6.07 Å². The molecule has 4 aromatic rings. The van der Waals surface area contributed by atoms with Gasteiger partial charge in [-0.25, -0.2) is 23.7 Å². The number of hydrogen-bond acceptors (Lipinski definition) is 11. The van der Waals surface area contributed by atoms with Crippen LogP contribution in [0.2, 0.25) is 0 Å². The molecule has 12 nitrogen and oxygen atoms in total. The third kappa shape index (κ3) is 7.23. The zero-order valence-corrected chi connectivity index (χ0v) is 28.3. The standard InChI is InChI=1S/C38H37N3O9/c1-6-46-37(45)41-20-28(31(40)29(41)19-39)32-38(5,50-36(44)27-17-11-24(4)12-18-27)33(49-35(43)26-15-9-23(3)10-16-26)30(48-32)21-47-34(42)25-13-7-22(2)8-14-25/h7-18,20,30,32-33H,6,21,40H2,1-5H3/t30?,32?,33-,38+/m1/s1. The predicted molar refractivity (Wildman–Crippen MR) is 180 cm³/mol. The van der Waals surface area contributed by atoms with Gasteiger partial charge in [-0.2, -0.15) is 5.26 Å². The average molecular weight is 680 g/mol. The number of nitrogens with zero attached hydrogens (tertiary/aromatic N) is 2. The van der Waals surface area contributed by atoms with Crippen molar-refractivity contribution in [1.29, 1.82) is 5.26 Å². The van der Waals surface area contributed by atoms with E-state index in [-0.39, 0.29) is 40.2 Å². The molecule has 1 aromatic heterocycles. The minimum atomic E-state index is -1.86. The van der Waals surface area contributed by atoms with Crippen LogP contribution in [0.3, 0.4) is 0 Å². The lowest BCUT2D eigenvalue weighted by Crippen LogP contribution is -2.49. The number of nitrogens with two attached hydrogens (primary N) is 1. The fourth-order valence-electron chi connectivity index (χ4n) is 5.66. The molecule has 0 saturated carbocycles. The van der Waals surface area contributed by atoms with Crippen molar-refractivity contribution in [3.05, 3.63) is 124 Å². The molecule has 12 heteroatoms. The Bertz CT molecular complexity index is 1940. The van der Waals surface area contributed by atoms with Gasteiger partial charge in [-0.1, -0.05) is 53.1 Å². The summed E-state index contributed by atoms with van der Waals surface area (Å²) in [6, 6.07) is 21.9. The third-order valence-electron chi connectivity index (χ3n) is 8.45. The first-order valence-corrected chi connectivity index (χ1v) is 15.9. The third-order valence-corrected chi connectivity index (χ3v) is 8.45. The van der Waals surface area contributed by atoms with E-state index in [2.05, 4.69) is 0 Å². The topological polar surface area (TPSA) is 169 Å². The molecule has 5 rings (SSSR count). The maximum absolute atomic E-state index is 13.8. The number of nitrogen functional groups attached to an aromatic ring is 1. The van der Waals surface area contributed by atoms with Gasteiger partial charge in [0.2, 0.25) is 0 Å². The van der Waals surface area contributed by atoms with Crippen LogP contribution in [-0.4, -0.2) is 59.6 Å². The molecule has 258 valence electrons. The maximum Gasteiger partial charge on any atom is 0.419 e. The molecule has 0 aliphatic carbocycles. The summed E-state index contributed by atoms with van der Waals surface area (Å²) in [6.45, 7) is 8.30. The van der Waals surface area contributed by atoms with Crippen molar-refractivity contribution < 1.29 is 42.9 Å². The monoisotopic (exact) mass is 679 g/mol. The fraction of sp³-hybridized carbons (Fsp3) is 0.289. The Hall–Kier alpha value is -5.93. The first kappa shape index (κ1) is 35.4. The first-order chi connectivity index (χ1) is 23.9. The van der Waals surface area contributed by atoms with E-state index in [1.807, 2.05) is 26.8 Å². The van der Waals surface area contributed by atoms with Crippen LogP contribution < -0.4 is 5.73 Å². The highest BCUT2D eigenvalue weighted by atomic mass is 16.7. The van der Waals surface area contributed by atoms with Crippen molar-refractivity contribution in [2.45, 2.75) is 58.5 Å². The Morgan fingerprint density at radius 3 is 1.82 bits per heavy atom. The van der Waals surface area contributed by atoms with Gasteiger partial charge in [-0.15, -0.1) is 0 Å². The number of carbonyl (C=O) groups is 4. The van der Waals surface area contributed by atoms with Crippen LogP contribution in [0.15, 0.2) is 79.0 Å². The summed E-state index contributed by atoms with van der Waals surface area (Å²) in [5, 5.41) is 9.95. The molecule has 4 atom stereocenters. The SMILES string of the molecule is CCOC(=O)n1cc(C2OC(COC(=O)c3ccc(C)cc3)[C@@H](OC(=O)c3ccc(C)cc3)[C@@]2(C)OC(=O)c2ccc(C)cc2)c(N)c1C#N. The molecule has 1 aliphatic rings. The van der Waals surface area contributed by atoms with E-state index in [9.17, 15) is 24.4 Å². The van der Waals surface area contributed by atoms with Gasteiger partial charge in [0, 0.05) is 11.8 Å². The minimum Gasteiger partial charge on any atom is -0.459 e. The van der Waals surface area contributed by atoms with E-state index in [0.717, 1.165) is 21.3 Å². The molecular weight excluding hydrogens is 642 g/mol. The lowest BCUT2D eigenvalue weighted by molar-refractivity contribution is -0.0887. The van der Waals surface area contributed by atoms with Crippen molar-refractivity contribution in [2.24, 2.45) is 0 Å². The predicted octanol–water partition coefficient (Wildman–Crippen LogP) is 6.01. The van der Waals surface area contributed by atoms with E-state index in [1.54, 1.807) is 79.7 Å². The molecule has 1 aliphatic heterocycles. The van der Waals surface area contributed by atoms with E-state index >= 15 is 0 Å². The number of benzene rings is 3. The average Bonchev–Trinajstić information content (AvgIpc) is 3.56. The number of anilines is 1. The molecule has 2 N–H and O–H groups in total. The molecule has 0 spiro atoms. The van der Waals surface area contributed by atoms with Gasteiger partial charge in [0.1, 0.15) is 24.9 Å². The Balaban J connectivity index is 1.60. The molecule has 2 unspecified atom stereocenters. The molecule has 2 heterocycles. The molecule has 1 saturated heterocycles. The van der Waals surface area contributed by atoms with Crippen molar-refractivity contribution in [2.75, 3.05) is 18.9 Å². The molecule has 50 heavy (non-hydrogen) atoms. The second-order valence-electron chi connectivity index (χ2n) is 12.2. The minimum absolute atomic E-state index is 0.0222. The quantitative estimate of drug-likeness (QED) is 0.162. The van der Waals surface area contributed by atoms with E-state index in [1.165, 1.54) is 13.1 Å². The molecular formula is C38H37N3O9. The molecule has 0 amide bonds. The summed E-state index contributed by atoms with van der Waals surface area (Å²) >= 11 is 0. The Labute approximate surface area is 289 Å². The highest BCUT2D eigenvalue weighted by molar-refractivity contribution is 5.91. The summed E-state index contributed by atoms with van der Waals surface area (Å²) in [6.07, 6.45) is -3.55. The molecule has 3 aromatic carbocycles. The van der Waals surface area contributed by atoms with E-state index in [0.29, 0.717) is 0 Å². The highest BCUT2D eigenvalue weighted by Crippen LogP contribution is 2.49. The van der Waals surface area contributed by atoms with Gasteiger partial charge in [-0.3, -0.25) is 0 Å². The number of carbonyl (C=O) groups excluding carboxylic acids is 4. The van der Waals surface area contributed by atoms with Gasteiger partial charge >= 0.3 is 24.0 Å². The Morgan fingerprint density at radius 1 is 0.820 bits per heavy atom. The summed E-state index contributed by atoms with van der Waals surface area (Å²) in [7, 11) is 0. The van der Waals surface area contributed by atoms with E-state index in [4.69, 9.17) is 29.4 Å². The number of aryl methyl sites for hydroxylation is 3. The van der Waals surface area contributed by atoms with Crippen LogP contribution in [0.5, 0.6) is 0 Å². The van der Waals surface area contributed by atoms with Crippen molar-refractivity contribution in [3.63, 3.8) is 0 Å². The van der Waals surface area contributed by atoms with Crippen LogP contribution in [0, 0.1) is 32.1 Å². The van der Waals surface area contributed by atoms with E-state index < -0.39 is 54.5 Å². The summed E-state index contributed by atoms with van der Waals surface area (Å²) in [4.78, 5) is 53.3. The lowest BCUT2D eigenvalue weighted by atomic mass is 9.88. The molecule has 0 radical (unpaired) electrons. The van der Waals surface area contributed by atoms with Crippen LogP contribution in [0.4, 0.5) is 10.5 Å². The number of aromatic nitrogens is 1. The van der Waals surface area contributed by atoms with Gasteiger partial charge in [0.15, 0.2) is 17.4 Å². The number of nitriles is 1. The van der Waals surface area contributed by atoms with Gasteiger partial charge in [-0.05, 0) is 71.0 Å². The van der Waals surface area contributed by atoms with Crippen molar-refractivity contribution in [1.82, 2.24) is 4.57 Å². The Morgan fingerprint density at radius 2 is 1.32 bits per heavy atom. The molecule has 1 fully saturated rings.